The van der Waals surface area contributed by atoms with Crippen LogP contribution in [0.25, 0.3) is 5.53 Å². The third-order valence-electron chi connectivity index (χ3n) is 6.88. The number of carbonyl (C=O) groups is 3. The molecule has 0 unspecified atom stereocenters. The summed E-state index contributed by atoms with van der Waals surface area (Å²) in [6, 6.07) is 9.17. The molecule has 1 aliphatic heterocycles. The summed E-state index contributed by atoms with van der Waals surface area (Å²) in [4.78, 5) is 40.7. The Labute approximate surface area is 201 Å². The number of methoxy groups -OCH3 is 1. The molecule has 0 saturated carbocycles. The molecule has 0 aromatic heterocycles. The van der Waals surface area contributed by atoms with E-state index < -0.39 is 43.7 Å². The highest BCUT2D eigenvalue weighted by molar-refractivity contribution is 6.73. The number of rotatable bonds is 13. The van der Waals surface area contributed by atoms with Gasteiger partial charge in [0.15, 0.2) is 8.32 Å². The molecule has 0 radical (unpaired) electrons. The molecular weight excluding hydrogens is 454 g/mol. The van der Waals surface area contributed by atoms with Gasteiger partial charge < -0.3 is 24.7 Å². The fraction of sp³-hybridized carbons (Fsp3) is 0.583. The van der Waals surface area contributed by atoms with E-state index in [0.29, 0.717) is 11.3 Å². The molecule has 1 aromatic rings. The number of β-lactam (4-membered cyclic amide) rings is 1. The first-order valence-corrected chi connectivity index (χ1v) is 14.2. The third-order valence-corrected chi connectivity index (χ3v) is 11.6. The number of carbonyl (C=O) groups excluding carboxylic acids is 3. The molecule has 1 heterocycles. The van der Waals surface area contributed by atoms with Gasteiger partial charge in [-0.15, -0.1) is 0 Å². The molecule has 0 spiro atoms. The summed E-state index contributed by atoms with van der Waals surface area (Å²) < 4.78 is 16.7. The number of amides is 1. The zero-order valence-corrected chi connectivity index (χ0v) is 21.8. The number of benzene rings is 1. The van der Waals surface area contributed by atoms with E-state index >= 15 is 0 Å². The van der Waals surface area contributed by atoms with Gasteiger partial charge in [0.1, 0.15) is 12.4 Å². The van der Waals surface area contributed by atoms with Crippen molar-refractivity contribution in [2.75, 3.05) is 7.11 Å². The lowest BCUT2D eigenvalue weighted by molar-refractivity contribution is -0.146. The minimum Gasteiger partial charge on any atom is -0.497 e. The third kappa shape index (κ3) is 6.00. The van der Waals surface area contributed by atoms with Crippen molar-refractivity contribution < 1.29 is 33.1 Å². The molecule has 1 saturated heterocycles. The van der Waals surface area contributed by atoms with E-state index in [1.807, 2.05) is 6.92 Å². The zero-order chi connectivity index (χ0) is 25.5. The topological polar surface area (TPSA) is 127 Å². The van der Waals surface area contributed by atoms with Gasteiger partial charge in [0.2, 0.25) is 5.91 Å². The first-order valence-electron chi connectivity index (χ1n) is 11.7. The standard InChI is InChI=1S/C24H35N3O6Si/c1-7-34(8-2,9-3)33-16(5)19-20(26-23(19)29)15(4)22(28)21(27-25)24(30)32-14-17-10-12-18(31-6)13-11-17/h10-13,15-16,19-20H,7-9,14H2,1-6H3,(H,26,29)/t15-,16-,19-,20-/m1/s1. The number of esters is 1. The van der Waals surface area contributed by atoms with Gasteiger partial charge in [-0.1, -0.05) is 39.8 Å². The second-order valence-corrected chi connectivity index (χ2v) is 13.4. The molecule has 186 valence electrons. The average Bonchev–Trinajstić information content (AvgIpc) is 2.84. The molecule has 1 fully saturated rings. The lowest BCUT2D eigenvalue weighted by atomic mass is 9.76. The van der Waals surface area contributed by atoms with Crippen molar-refractivity contribution in [2.24, 2.45) is 11.8 Å². The van der Waals surface area contributed by atoms with Gasteiger partial charge in [-0.05, 0) is 42.8 Å². The first kappa shape index (κ1) is 27.4. The predicted molar refractivity (Wildman–Crippen MR) is 129 cm³/mol. The van der Waals surface area contributed by atoms with Gasteiger partial charge in [-0.2, -0.15) is 4.79 Å². The largest absolute Gasteiger partial charge is 0.497 e. The van der Waals surface area contributed by atoms with Gasteiger partial charge in [-0.3, -0.25) is 9.59 Å². The van der Waals surface area contributed by atoms with E-state index in [1.165, 1.54) is 0 Å². The summed E-state index contributed by atoms with van der Waals surface area (Å²) >= 11 is 0. The highest BCUT2D eigenvalue weighted by Gasteiger charge is 2.51. The van der Waals surface area contributed by atoms with Crippen molar-refractivity contribution in [2.45, 2.75) is 71.5 Å². The van der Waals surface area contributed by atoms with Crippen LogP contribution in [-0.2, 0) is 30.2 Å². The van der Waals surface area contributed by atoms with Gasteiger partial charge in [0.05, 0.1) is 25.2 Å². The number of hydrogen-bond acceptors (Lipinski definition) is 6. The van der Waals surface area contributed by atoms with Crippen molar-refractivity contribution in [3.8, 4) is 5.75 Å². The van der Waals surface area contributed by atoms with Crippen LogP contribution in [0.2, 0.25) is 18.1 Å². The SMILES string of the molecule is CC[Si](CC)(CC)O[C@H](C)[C@H]1C(=O)N[C@@H]1[C@@H](C)C(=O)C(=[N+]=[N-])C(=O)OCc1ccc(OC)cc1. The first-order chi connectivity index (χ1) is 16.2. The number of hydrogen-bond donors (Lipinski definition) is 1. The van der Waals surface area contributed by atoms with Crippen LogP contribution in [0.4, 0.5) is 0 Å². The molecule has 0 aliphatic carbocycles. The fourth-order valence-corrected chi connectivity index (χ4v) is 7.27. The quantitative estimate of drug-likeness (QED) is 0.0862. The molecule has 34 heavy (non-hydrogen) atoms. The van der Waals surface area contributed by atoms with E-state index in [1.54, 1.807) is 38.3 Å². The zero-order valence-electron chi connectivity index (χ0n) is 20.8. The Hall–Kier alpha value is -2.81. The number of ketones is 1. The van der Waals surface area contributed by atoms with E-state index in [0.717, 1.165) is 18.1 Å². The van der Waals surface area contributed by atoms with Gasteiger partial charge in [0.25, 0.3) is 5.78 Å². The second-order valence-electron chi connectivity index (χ2n) is 8.65. The maximum absolute atomic E-state index is 13.0. The lowest BCUT2D eigenvalue weighted by Gasteiger charge is -2.45. The van der Waals surface area contributed by atoms with E-state index in [-0.39, 0.29) is 18.6 Å². The van der Waals surface area contributed by atoms with Crippen LogP contribution in [0.15, 0.2) is 24.3 Å². The van der Waals surface area contributed by atoms with Crippen molar-refractivity contribution in [1.29, 1.82) is 0 Å². The van der Waals surface area contributed by atoms with Crippen LogP contribution in [0, 0.1) is 11.8 Å². The number of nitrogens with one attached hydrogen (secondary N) is 1. The lowest BCUT2D eigenvalue weighted by Crippen LogP contribution is -2.67. The Morgan fingerprint density at radius 2 is 1.71 bits per heavy atom. The number of ether oxygens (including phenoxy) is 2. The summed E-state index contributed by atoms with van der Waals surface area (Å²) in [5.41, 5.74) is 9.35. The normalized spacial score (nSPS) is 19.2. The van der Waals surface area contributed by atoms with Crippen LogP contribution in [0.3, 0.4) is 0 Å². The average molecular weight is 490 g/mol. The van der Waals surface area contributed by atoms with Crippen molar-refractivity contribution in [3.05, 3.63) is 35.4 Å². The van der Waals surface area contributed by atoms with Gasteiger partial charge in [0, 0.05) is 5.92 Å². The van der Waals surface area contributed by atoms with Gasteiger partial charge in [-0.25, -0.2) is 4.79 Å². The van der Waals surface area contributed by atoms with Crippen LogP contribution in [-0.4, -0.2) is 55.7 Å². The molecule has 1 N–H and O–H groups in total. The summed E-state index contributed by atoms with van der Waals surface area (Å²) in [7, 11) is -0.408. The van der Waals surface area contributed by atoms with Crippen molar-refractivity contribution >= 4 is 31.7 Å². The minimum atomic E-state index is -1.95. The molecule has 9 nitrogen and oxygen atoms in total. The summed E-state index contributed by atoms with van der Waals surface area (Å²) in [5, 5.41) is 2.76. The Balaban J connectivity index is 2.05. The molecule has 10 heteroatoms. The van der Waals surface area contributed by atoms with Crippen LogP contribution in [0.1, 0.15) is 40.2 Å². The highest BCUT2D eigenvalue weighted by Crippen LogP contribution is 2.32. The highest BCUT2D eigenvalue weighted by atomic mass is 28.4. The Morgan fingerprint density at radius 1 is 1.12 bits per heavy atom. The maximum Gasteiger partial charge on any atom is 0.441 e. The van der Waals surface area contributed by atoms with E-state index in [4.69, 9.17) is 13.9 Å². The smallest absolute Gasteiger partial charge is 0.441 e. The number of Topliss-reactive ketones (excluding diaryl/α,β-unsaturated/α-hetero) is 1. The Kier molecular flexibility index (Phi) is 9.73. The van der Waals surface area contributed by atoms with E-state index in [2.05, 4.69) is 30.9 Å². The summed E-state index contributed by atoms with van der Waals surface area (Å²) in [6.07, 6.45) is -0.364. The monoisotopic (exact) mass is 489 g/mol. The van der Waals surface area contributed by atoms with Gasteiger partial charge >= 0.3 is 11.7 Å². The summed E-state index contributed by atoms with van der Waals surface area (Å²) in [5.74, 6) is -2.58. The minimum absolute atomic E-state index is 0.102. The van der Waals surface area contributed by atoms with Crippen molar-refractivity contribution in [1.82, 2.24) is 5.32 Å². The maximum atomic E-state index is 13.0. The molecule has 1 aliphatic rings. The molecule has 4 atom stereocenters. The summed E-state index contributed by atoms with van der Waals surface area (Å²) in [6.45, 7) is 9.68. The van der Waals surface area contributed by atoms with Crippen LogP contribution in [0.5, 0.6) is 5.75 Å². The molecule has 1 amide bonds. The number of nitrogens with zero attached hydrogens (tertiary/aromatic N) is 2. The molecule has 0 bridgehead atoms. The molecular formula is C24H35N3O6Si. The second kappa shape index (κ2) is 12.1. The Morgan fingerprint density at radius 3 is 2.18 bits per heavy atom. The van der Waals surface area contributed by atoms with Crippen LogP contribution >= 0.6 is 0 Å². The molecule has 1 aromatic carbocycles. The molecule has 2 rings (SSSR count). The predicted octanol–water partition coefficient (Wildman–Crippen LogP) is 3.14. The van der Waals surface area contributed by atoms with E-state index in [9.17, 15) is 19.9 Å². The van der Waals surface area contributed by atoms with Crippen molar-refractivity contribution in [3.63, 3.8) is 0 Å². The Bertz CT molecular complexity index is 932. The van der Waals surface area contributed by atoms with Crippen LogP contribution < -0.4 is 10.1 Å². The fourth-order valence-electron chi connectivity index (χ4n) is 4.33.